The fourth-order valence-electron chi connectivity index (χ4n) is 1.70. The van der Waals surface area contributed by atoms with Crippen molar-refractivity contribution in [3.8, 4) is 0 Å². The highest BCUT2D eigenvalue weighted by molar-refractivity contribution is 5.89. The van der Waals surface area contributed by atoms with Crippen LogP contribution in [0.25, 0.3) is 6.08 Å². The smallest absolute Gasteiger partial charge is 0.331 e. The van der Waals surface area contributed by atoms with E-state index in [1.807, 2.05) is 31.2 Å². The Labute approximate surface area is 131 Å². The van der Waals surface area contributed by atoms with Crippen molar-refractivity contribution in [2.75, 3.05) is 19.7 Å². The molecule has 116 valence electrons. The third-order valence-electron chi connectivity index (χ3n) is 2.88. The summed E-state index contributed by atoms with van der Waals surface area (Å²) in [5, 5.41) is 0. The lowest BCUT2D eigenvalue weighted by Gasteiger charge is -2.18. The van der Waals surface area contributed by atoms with Crippen LogP contribution in [-0.2, 0) is 14.3 Å². The molecule has 0 aliphatic carbocycles. The van der Waals surface area contributed by atoms with E-state index in [0.717, 1.165) is 11.1 Å². The van der Waals surface area contributed by atoms with E-state index in [9.17, 15) is 9.59 Å². The predicted molar refractivity (Wildman–Crippen MR) is 88.1 cm³/mol. The minimum atomic E-state index is -0.550. The van der Waals surface area contributed by atoms with Gasteiger partial charge < -0.3 is 9.64 Å². The molecule has 4 nitrogen and oxygen atoms in total. The van der Waals surface area contributed by atoms with Crippen LogP contribution in [0.3, 0.4) is 0 Å². The van der Waals surface area contributed by atoms with Crippen molar-refractivity contribution in [1.29, 1.82) is 0 Å². The zero-order chi connectivity index (χ0) is 16.4. The first-order valence-electron chi connectivity index (χ1n) is 6.98. The van der Waals surface area contributed by atoms with Crippen molar-refractivity contribution in [2.24, 2.45) is 0 Å². The fraction of sp³-hybridized carbons (Fsp3) is 0.222. The molecular weight excluding hydrogens is 278 g/mol. The molecule has 4 heteroatoms. The average Bonchev–Trinajstić information content (AvgIpc) is 2.52. The van der Waals surface area contributed by atoms with Gasteiger partial charge >= 0.3 is 5.97 Å². The Hall–Kier alpha value is -2.62. The summed E-state index contributed by atoms with van der Waals surface area (Å²) in [5.41, 5.74) is 2.05. The Morgan fingerprint density at radius 3 is 2.27 bits per heavy atom. The largest absolute Gasteiger partial charge is 0.452 e. The molecule has 1 aromatic rings. The maximum Gasteiger partial charge on any atom is 0.331 e. The van der Waals surface area contributed by atoms with Gasteiger partial charge in [0.05, 0.1) is 0 Å². The molecule has 0 atom stereocenters. The molecule has 0 fully saturated rings. The lowest BCUT2D eigenvalue weighted by molar-refractivity contribution is -0.147. The van der Waals surface area contributed by atoms with Crippen molar-refractivity contribution in [3.05, 3.63) is 66.8 Å². The number of rotatable bonds is 8. The number of amides is 1. The lowest BCUT2D eigenvalue weighted by Crippen LogP contribution is -2.34. The maximum absolute atomic E-state index is 11.9. The van der Waals surface area contributed by atoms with Gasteiger partial charge in [-0.1, -0.05) is 42.0 Å². The van der Waals surface area contributed by atoms with E-state index in [0.29, 0.717) is 13.1 Å². The van der Waals surface area contributed by atoms with Crippen LogP contribution >= 0.6 is 0 Å². The van der Waals surface area contributed by atoms with Crippen LogP contribution < -0.4 is 0 Å². The molecule has 0 aromatic heterocycles. The first-order chi connectivity index (χ1) is 10.6. The number of ether oxygens (including phenoxy) is 1. The standard InChI is InChI=1S/C18H21NO3/c1-4-12-19(13-5-2)17(20)14-22-18(21)11-10-16-8-6-15(3)7-9-16/h4-11H,1-2,12-14H2,3H3/b11-10+. The van der Waals surface area contributed by atoms with Gasteiger partial charge in [-0.3, -0.25) is 4.79 Å². The van der Waals surface area contributed by atoms with Gasteiger partial charge in [-0.15, -0.1) is 13.2 Å². The van der Waals surface area contributed by atoms with Gasteiger partial charge in [0.1, 0.15) is 0 Å². The molecule has 0 spiro atoms. The third kappa shape index (κ3) is 6.22. The summed E-state index contributed by atoms with van der Waals surface area (Å²) in [7, 11) is 0. The summed E-state index contributed by atoms with van der Waals surface area (Å²) >= 11 is 0. The lowest BCUT2D eigenvalue weighted by atomic mass is 10.1. The number of hydrogen-bond donors (Lipinski definition) is 0. The summed E-state index contributed by atoms with van der Waals surface area (Å²) in [5.74, 6) is -0.831. The Morgan fingerprint density at radius 2 is 1.73 bits per heavy atom. The Morgan fingerprint density at radius 1 is 1.14 bits per heavy atom. The van der Waals surface area contributed by atoms with Gasteiger partial charge in [0.2, 0.25) is 0 Å². The second-order valence-electron chi connectivity index (χ2n) is 4.73. The fourth-order valence-corrected chi connectivity index (χ4v) is 1.70. The van der Waals surface area contributed by atoms with Gasteiger partial charge in [0.15, 0.2) is 6.61 Å². The van der Waals surface area contributed by atoms with Gasteiger partial charge in [-0.2, -0.15) is 0 Å². The number of aryl methyl sites for hydroxylation is 1. The first-order valence-corrected chi connectivity index (χ1v) is 6.98. The average molecular weight is 299 g/mol. The van der Waals surface area contributed by atoms with Crippen LogP contribution in [0.1, 0.15) is 11.1 Å². The zero-order valence-electron chi connectivity index (χ0n) is 12.8. The molecule has 0 saturated carbocycles. The van der Waals surface area contributed by atoms with E-state index in [1.54, 1.807) is 18.2 Å². The number of nitrogens with zero attached hydrogens (tertiary/aromatic N) is 1. The van der Waals surface area contributed by atoms with Gasteiger partial charge in [0, 0.05) is 19.2 Å². The van der Waals surface area contributed by atoms with Crippen LogP contribution in [0.2, 0.25) is 0 Å². The maximum atomic E-state index is 11.9. The Bertz CT molecular complexity index is 548. The summed E-state index contributed by atoms with van der Waals surface area (Å²) in [6.07, 6.45) is 6.18. The molecule has 1 rings (SSSR count). The quantitative estimate of drug-likeness (QED) is 0.421. The Balaban J connectivity index is 2.47. The highest BCUT2D eigenvalue weighted by Crippen LogP contribution is 2.05. The molecule has 0 unspecified atom stereocenters. The monoisotopic (exact) mass is 299 g/mol. The normalized spacial score (nSPS) is 10.2. The van der Waals surface area contributed by atoms with Crippen LogP contribution in [0.4, 0.5) is 0 Å². The zero-order valence-corrected chi connectivity index (χ0v) is 12.8. The number of benzene rings is 1. The van der Waals surface area contributed by atoms with Gasteiger partial charge in [-0.05, 0) is 18.6 Å². The highest BCUT2D eigenvalue weighted by Gasteiger charge is 2.12. The number of hydrogen-bond acceptors (Lipinski definition) is 3. The molecule has 0 aliphatic rings. The molecule has 0 radical (unpaired) electrons. The molecule has 0 saturated heterocycles. The highest BCUT2D eigenvalue weighted by atomic mass is 16.5. The van der Waals surface area contributed by atoms with Crippen molar-refractivity contribution in [2.45, 2.75) is 6.92 Å². The molecule has 0 aliphatic heterocycles. The topological polar surface area (TPSA) is 46.6 Å². The van der Waals surface area contributed by atoms with Gasteiger partial charge in [0.25, 0.3) is 5.91 Å². The van der Waals surface area contributed by atoms with E-state index < -0.39 is 5.97 Å². The van der Waals surface area contributed by atoms with Crippen molar-refractivity contribution in [1.82, 2.24) is 4.90 Å². The molecule has 0 heterocycles. The van der Waals surface area contributed by atoms with E-state index in [1.165, 1.54) is 11.0 Å². The predicted octanol–water partition coefficient (Wildman–Crippen LogP) is 2.75. The molecule has 0 N–H and O–H groups in total. The second-order valence-corrected chi connectivity index (χ2v) is 4.73. The van der Waals surface area contributed by atoms with Gasteiger partial charge in [-0.25, -0.2) is 4.79 Å². The minimum Gasteiger partial charge on any atom is -0.452 e. The van der Waals surface area contributed by atoms with Crippen LogP contribution in [-0.4, -0.2) is 36.5 Å². The van der Waals surface area contributed by atoms with Crippen molar-refractivity contribution in [3.63, 3.8) is 0 Å². The summed E-state index contributed by atoms with van der Waals surface area (Å²) in [6.45, 7) is 9.64. The molecule has 1 aromatic carbocycles. The summed E-state index contributed by atoms with van der Waals surface area (Å²) in [4.78, 5) is 25.0. The van der Waals surface area contributed by atoms with E-state index >= 15 is 0 Å². The molecule has 22 heavy (non-hydrogen) atoms. The second kappa shape index (κ2) is 9.34. The number of carbonyl (C=O) groups excluding carboxylic acids is 2. The molecular formula is C18H21NO3. The minimum absolute atomic E-state index is 0.281. The first kappa shape index (κ1) is 17.4. The van der Waals surface area contributed by atoms with Crippen LogP contribution in [0, 0.1) is 6.92 Å². The van der Waals surface area contributed by atoms with E-state index in [-0.39, 0.29) is 12.5 Å². The summed E-state index contributed by atoms with van der Waals surface area (Å²) < 4.78 is 4.94. The number of carbonyl (C=O) groups is 2. The SMILES string of the molecule is C=CCN(CC=C)C(=O)COC(=O)/C=C/c1ccc(C)cc1. The third-order valence-corrected chi connectivity index (χ3v) is 2.88. The van der Waals surface area contributed by atoms with Crippen molar-refractivity contribution < 1.29 is 14.3 Å². The van der Waals surface area contributed by atoms with E-state index in [2.05, 4.69) is 13.2 Å². The van der Waals surface area contributed by atoms with Crippen LogP contribution in [0.5, 0.6) is 0 Å². The van der Waals surface area contributed by atoms with Crippen LogP contribution in [0.15, 0.2) is 55.7 Å². The number of esters is 1. The Kier molecular flexibility index (Phi) is 7.40. The van der Waals surface area contributed by atoms with Crippen molar-refractivity contribution >= 4 is 18.0 Å². The summed E-state index contributed by atoms with van der Waals surface area (Å²) in [6, 6.07) is 7.72. The molecule has 0 bridgehead atoms. The molecule has 1 amide bonds. The van der Waals surface area contributed by atoms with E-state index in [4.69, 9.17) is 4.74 Å².